The van der Waals surface area contributed by atoms with Crippen LogP contribution in [0.5, 0.6) is 0 Å². The second-order valence-electron chi connectivity index (χ2n) is 9.11. The molecule has 0 amide bonds. The van der Waals surface area contributed by atoms with Crippen molar-refractivity contribution < 1.29 is 5.11 Å². The summed E-state index contributed by atoms with van der Waals surface area (Å²) in [6, 6.07) is 19.2. The van der Waals surface area contributed by atoms with Crippen LogP contribution in [-0.2, 0) is 12.8 Å². The maximum Gasteiger partial charge on any atom is 0.267 e. The molecule has 0 fully saturated rings. The van der Waals surface area contributed by atoms with Crippen molar-refractivity contribution in [2.75, 3.05) is 5.75 Å². The molecule has 0 spiro atoms. The number of nitrogens with zero attached hydrogens (tertiary/aromatic N) is 4. The quantitative estimate of drug-likeness (QED) is 0.114. The second kappa shape index (κ2) is 9.78. The van der Waals surface area contributed by atoms with Gasteiger partial charge < -0.3 is 5.11 Å². The number of thiophene rings is 1. The van der Waals surface area contributed by atoms with E-state index in [9.17, 15) is 15.2 Å². The maximum atomic E-state index is 13.9. The summed E-state index contributed by atoms with van der Waals surface area (Å²) in [5.41, 5.74) is 2.72. The van der Waals surface area contributed by atoms with Crippen molar-refractivity contribution >= 4 is 60.4 Å². The van der Waals surface area contributed by atoms with Crippen LogP contribution in [0.25, 0.3) is 31.7 Å². The Morgan fingerprint density at radius 3 is 2.73 bits per heavy atom. The Kier molecular flexibility index (Phi) is 6.32. The first-order chi connectivity index (χ1) is 18.0. The predicted octanol–water partition coefficient (Wildman–Crippen LogP) is 6.77. The highest BCUT2D eigenvalue weighted by Gasteiger charge is 2.25. The predicted molar refractivity (Wildman–Crippen MR) is 152 cm³/mol. The summed E-state index contributed by atoms with van der Waals surface area (Å²) < 4.78 is 2.58. The number of aliphatic hydroxyl groups excluding tert-OH is 1. The van der Waals surface area contributed by atoms with Gasteiger partial charge in [0.15, 0.2) is 5.16 Å². The molecular formula is C28H22N4O2S3. The number of thioether (sulfide) groups is 1. The number of allylic oxidation sites excluding steroid dienone is 1. The van der Waals surface area contributed by atoms with Gasteiger partial charge in [0.05, 0.1) is 27.0 Å². The number of aromatic nitrogens is 3. The molecule has 2 aromatic carbocycles. The molecule has 5 aromatic rings. The smallest absolute Gasteiger partial charge is 0.267 e. The van der Waals surface area contributed by atoms with Crippen molar-refractivity contribution in [3.63, 3.8) is 0 Å². The number of hydrogen-bond acceptors (Lipinski definition) is 8. The Bertz CT molecular complexity index is 1740. The zero-order chi connectivity index (χ0) is 25.5. The molecule has 1 aliphatic carbocycles. The third kappa shape index (κ3) is 4.35. The average Bonchev–Trinajstić information content (AvgIpc) is 3.49. The van der Waals surface area contributed by atoms with E-state index in [0.717, 1.165) is 45.6 Å². The number of para-hydroxylation sites is 2. The van der Waals surface area contributed by atoms with Crippen LogP contribution in [0, 0.1) is 17.2 Å². The molecule has 37 heavy (non-hydrogen) atoms. The van der Waals surface area contributed by atoms with E-state index < -0.39 is 0 Å². The summed E-state index contributed by atoms with van der Waals surface area (Å²) in [5.74, 6) is 0.602. The molecule has 3 aromatic heterocycles. The number of nitriles is 1. The van der Waals surface area contributed by atoms with Crippen molar-refractivity contribution in [2.24, 2.45) is 5.92 Å². The summed E-state index contributed by atoms with van der Waals surface area (Å²) in [7, 11) is 0. The SMILES string of the molecule is CC1CCc2c(sc3nc(SC/C(O)=C(\C#N)c4nc5ccccc5s4)n(-c4ccccc4)c(=O)c23)C1. The highest BCUT2D eigenvalue weighted by Crippen LogP contribution is 2.37. The molecule has 1 atom stereocenters. The van der Waals surface area contributed by atoms with Crippen molar-refractivity contribution in [3.05, 3.63) is 86.2 Å². The van der Waals surface area contributed by atoms with Gasteiger partial charge in [-0.1, -0.05) is 49.0 Å². The van der Waals surface area contributed by atoms with Crippen molar-refractivity contribution in [1.82, 2.24) is 14.5 Å². The Labute approximate surface area is 225 Å². The van der Waals surface area contributed by atoms with Crippen LogP contribution >= 0.6 is 34.4 Å². The highest BCUT2D eigenvalue weighted by atomic mass is 32.2. The summed E-state index contributed by atoms with van der Waals surface area (Å²) >= 11 is 4.22. The van der Waals surface area contributed by atoms with Crippen LogP contribution in [-0.4, -0.2) is 25.4 Å². The lowest BCUT2D eigenvalue weighted by Crippen LogP contribution is -2.22. The lowest BCUT2D eigenvalue weighted by atomic mass is 9.89. The topological polar surface area (TPSA) is 91.8 Å². The van der Waals surface area contributed by atoms with Gasteiger partial charge in [-0.15, -0.1) is 22.7 Å². The van der Waals surface area contributed by atoms with E-state index in [1.807, 2.05) is 54.6 Å². The molecule has 1 N–H and O–H groups in total. The van der Waals surface area contributed by atoms with E-state index >= 15 is 0 Å². The van der Waals surface area contributed by atoms with Gasteiger partial charge in [-0.2, -0.15) is 5.26 Å². The minimum Gasteiger partial charge on any atom is -0.510 e. The van der Waals surface area contributed by atoms with Crippen LogP contribution in [0.2, 0.25) is 0 Å². The largest absolute Gasteiger partial charge is 0.510 e. The zero-order valence-corrected chi connectivity index (χ0v) is 22.4. The molecular weight excluding hydrogens is 521 g/mol. The number of benzene rings is 2. The molecule has 0 saturated carbocycles. The van der Waals surface area contributed by atoms with Gasteiger partial charge in [0.2, 0.25) is 0 Å². The molecule has 0 saturated heterocycles. The Balaban J connectivity index is 1.43. The molecule has 9 heteroatoms. The molecule has 1 aliphatic rings. The van der Waals surface area contributed by atoms with Crippen LogP contribution in [0.15, 0.2) is 70.3 Å². The maximum absolute atomic E-state index is 13.9. The van der Waals surface area contributed by atoms with E-state index in [4.69, 9.17) is 4.98 Å². The third-order valence-electron chi connectivity index (χ3n) is 6.56. The lowest BCUT2D eigenvalue weighted by Gasteiger charge is -2.17. The summed E-state index contributed by atoms with van der Waals surface area (Å²) in [5, 5.41) is 22.5. The lowest BCUT2D eigenvalue weighted by molar-refractivity contribution is 0.420. The second-order valence-corrected chi connectivity index (χ2v) is 12.2. The molecule has 1 unspecified atom stereocenters. The molecule has 0 radical (unpaired) electrons. The first-order valence-electron chi connectivity index (χ1n) is 12.0. The Morgan fingerprint density at radius 1 is 1.16 bits per heavy atom. The van der Waals surface area contributed by atoms with E-state index in [2.05, 4.69) is 18.0 Å². The molecule has 0 bridgehead atoms. The monoisotopic (exact) mass is 542 g/mol. The van der Waals surface area contributed by atoms with Crippen LogP contribution in [0.1, 0.15) is 28.8 Å². The molecule has 6 rings (SSSR count). The van der Waals surface area contributed by atoms with E-state index in [0.29, 0.717) is 21.5 Å². The van der Waals surface area contributed by atoms with E-state index in [-0.39, 0.29) is 22.6 Å². The van der Waals surface area contributed by atoms with Gasteiger partial charge in [-0.05, 0) is 55.0 Å². The number of aryl methyl sites for hydroxylation is 1. The van der Waals surface area contributed by atoms with Crippen LogP contribution < -0.4 is 5.56 Å². The number of fused-ring (bicyclic) bond motifs is 4. The zero-order valence-electron chi connectivity index (χ0n) is 20.0. The van der Waals surface area contributed by atoms with Gasteiger partial charge in [-0.25, -0.2) is 9.97 Å². The number of rotatable bonds is 5. The number of thiazole rings is 1. The Hall–Kier alpha value is -3.45. The van der Waals surface area contributed by atoms with Gasteiger partial charge >= 0.3 is 0 Å². The van der Waals surface area contributed by atoms with E-state index in [1.54, 1.807) is 15.9 Å². The Morgan fingerprint density at radius 2 is 1.95 bits per heavy atom. The normalized spacial score (nSPS) is 15.9. The fourth-order valence-corrected chi connectivity index (χ4v) is 7.99. The fourth-order valence-electron chi connectivity index (χ4n) is 4.69. The molecule has 3 heterocycles. The first-order valence-corrected chi connectivity index (χ1v) is 14.6. The van der Waals surface area contributed by atoms with Crippen molar-refractivity contribution in [3.8, 4) is 11.8 Å². The average molecular weight is 543 g/mol. The van der Waals surface area contributed by atoms with Gasteiger partial charge in [0.25, 0.3) is 5.56 Å². The van der Waals surface area contributed by atoms with Crippen LogP contribution in [0.4, 0.5) is 0 Å². The minimum atomic E-state index is -0.0835. The van der Waals surface area contributed by atoms with Gasteiger partial charge in [0, 0.05) is 4.88 Å². The highest BCUT2D eigenvalue weighted by molar-refractivity contribution is 7.99. The van der Waals surface area contributed by atoms with E-state index in [1.165, 1.54) is 28.0 Å². The van der Waals surface area contributed by atoms with Crippen molar-refractivity contribution in [2.45, 2.75) is 31.3 Å². The van der Waals surface area contributed by atoms with Crippen molar-refractivity contribution in [1.29, 1.82) is 5.26 Å². The fraction of sp³-hybridized carbons (Fsp3) is 0.214. The molecule has 6 nitrogen and oxygen atoms in total. The standard InChI is InChI=1S/C28H22N4O2S3/c1-16-11-12-18-23(13-16)37-26-24(18)27(34)32(17-7-3-2-4-8-17)28(31-26)35-15-21(33)19(14-29)25-30-20-9-5-6-10-22(20)36-25/h2-10,16,33H,11-13,15H2,1H3/b21-19-. The number of hydrogen-bond donors (Lipinski definition) is 1. The summed E-state index contributed by atoms with van der Waals surface area (Å²) in [6.45, 7) is 2.25. The first kappa shape index (κ1) is 23.9. The van der Waals surface area contributed by atoms with Gasteiger partial charge in [0.1, 0.15) is 27.2 Å². The summed E-state index contributed by atoms with van der Waals surface area (Å²) in [6.07, 6.45) is 2.94. The van der Waals surface area contributed by atoms with Crippen LogP contribution in [0.3, 0.4) is 0 Å². The third-order valence-corrected chi connectivity index (χ3v) is 9.71. The molecule has 0 aliphatic heterocycles. The minimum absolute atomic E-state index is 0.0825. The summed E-state index contributed by atoms with van der Waals surface area (Å²) in [4.78, 5) is 25.3. The molecule has 184 valence electrons. The number of aliphatic hydroxyl groups is 1. The van der Waals surface area contributed by atoms with Gasteiger partial charge in [-0.3, -0.25) is 9.36 Å².